The molecule has 1 aromatic heterocycles. The lowest BCUT2D eigenvalue weighted by Gasteiger charge is -2.20. The molecule has 0 bridgehead atoms. The van der Waals surface area contributed by atoms with Crippen LogP contribution < -0.4 is 9.64 Å². The van der Waals surface area contributed by atoms with E-state index in [1.807, 2.05) is 18.0 Å². The highest BCUT2D eigenvalue weighted by molar-refractivity contribution is 6.31. The average Bonchev–Trinajstić information content (AvgIpc) is 2.38. The number of aromatic nitrogens is 2. The number of ether oxygens (including phenoxy) is 1. The summed E-state index contributed by atoms with van der Waals surface area (Å²) in [4.78, 5) is 9.82. The summed E-state index contributed by atoms with van der Waals surface area (Å²) < 4.78 is 18.3. The van der Waals surface area contributed by atoms with Gasteiger partial charge in [-0.2, -0.15) is 0 Å². The number of rotatable bonds is 4. The van der Waals surface area contributed by atoms with Crippen molar-refractivity contribution in [3.63, 3.8) is 0 Å². The number of nitrogens with zero attached hydrogens (tertiary/aromatic N) is 3. The second kappa shape index (κ2) is 5.84. The van der Waals surface area contributed by atoms with Crippen LogP contribution in [-0.4, -0.2) is 24.1 Å². The maximum atomic E-state index is 13.1. The van der Waals surface area contributed by atoms with E-state index >= 15 is 0 Å². The summed E-state index contributed by atoms with van der Waals surface area (Å²) in [5, 5.41) is 0.249. The lowest BCUT2D eigenvalue weighted by atomic mass is 10.2. The molecule has 0 amide bonds. The standard InChI is InChI=1S/C13H13ClFN3O/c1-18(7-9-4-3-5-10(15)6-9)13-11(19-2)12(14)16-8-17-13/h3-6,8H,7H2,1-2H3. The summed E-state index contributed by atoms with van der Waals surface area (Å²) in [6, 6.07) is 6.40. The van der Waals surface area contributed by atoms with E-state index in [1.54, 1.807) is 6.07 Å². The molecule has 0 radical (unpaired) electrons. The Labute approximate surface area is 115 Å². The topological polar surface area (TPSA) is 38.3 Å². The van der Waals surface area contributed by atoms with E-state index in [9.17, 15) is 4.39 Å². The van der Waals surface area contributed by atoms with Gasteiger partial charge in [0.25, 0.3) is 0 Å². The molecule has 0 aliphatic rings. The van der Waals surface area contributed by atoms with Crippen molar-refractivity contribution in [1.29, 1.82) is 0 Å². The predicted octanol–water partition coefficient (Wildman–Crippen LogP) is 2.91. The molecule has 0 unspecified atom stereocenters. The van der Waals surface area contributed by atoms with Crippen molar-refractivity contribution < 1.29 is 9.13 Å². The predicted molar refractivity (Wildman–Crippen MR) is 72.1 cm³/mol. The molecule has 0 atom stereocenters. The fourth-order valence-electron chi connectivity index (χ4n) is 1.78. The monoisotopic (exact) mass is 281 g/mol. The molecule has 0 spiro atoms. The number of benzene rings is 1. The zero-order valence-electron chi connectivity index (χ0n) is 10.6. The summed E-state index contributed by atoms with van der Waals surface area (Å²) in [6.07, 6.45) is 1.36. The van der Waals surface area contributed by atoms with Crippen LogP contribution in [0.2, 0.25) is 5.15 Å². The quantitative estimate of drug-likeness (QED) is 0.808. The van der Waals surface area contributed by atoms with E-state index in [1.165, 1.54) is 25.6 Å². The van der Waals surface area contributed by atoms with Crippen molar-refractivity contribution in [1.82, 2.24) is 9.97 Å². The summed E-state index contributed by atoms with van der Waals surface area (Å²) in [5.74, 6) is 0.702. The van der Waals surface area contributed by atoms with Crippen LogP contribution >= 0.6 is 11.6 Å². The molecule has 6 heteroatoms. The van der Waals surface area contributed by atoms with Gasteiger partial charge in [-0.05, 0) is 17.7 Å². The molecule has 0 saturated carbocycles. The Morgan fingerprint density at radius 1 is 1.37 bits per heavy atom. The molecule has 1 aromatic carbocycles. The number of methoxy groups -OCH3 is 1. The molecule has 19 heavy (non-hydrogen) atoms. The minimum absolute atomic E-state index is 0.249. The summed E-state index contributed by atoms with van der Waals surface area (Å²) in [5.41, 5.74) is 0.833. The van der Waals surface area contributed by atoms with Gasteiger partial charge in [0.2, 0.25) is 0 Å². The third-order valence-electron chi connectivity index (χ3n) is 2.62. The van der Waals surface area contributed by atoms with Gasteiger partial charge in [0.1, 0.15) is 12.1 Å². The van der Waals surface area contributed by atoms with E-state index in [-0.39, 0.29) is 11.0 Å². The zero-order valence-corrected chi connectivity index (χ0v) is 11.4. The van der Waals surface area contributed by atoms with Crippen LogP contribution in [0.5, 0.6) is 5.75 Å². The van der Waals surface area contributed by atoms with Crippen LogP contribution in [0.4, 0.5) is 10.2 Å². The fourth-order valence-corrected chi connectivity index (χ4v) is 1.98. The smallest absolute Gasteiger partial charge is 0.199 e. The van der Waals surface area contributed by atoms with Crippen molar-refractivity contribution >= 4 is 17.4 Å². The van der Waals surface area contributed by atoms with Crippen LogP contribution in [0.15, 0.2) is 30.6 Å². The molecule has 0 N–H and O–H groups in total. The summed E-state index contributed by atoms with van der Waals surface area (Å²) in [6.45, 7) is 0.488. The fraction of sp³-hybridized carbons (Fsp3) is 0.231. The Morgan fingerprint density at radius 3 is 2.84 bits per heavy atom. The van der Waals surface area contributed by atoms with Gasteiger partial charge < -0.3 is 9.64 Å². The minimum atomic E-state index is -0.265. The average molecular weight is 282 g/mol. The number of halogens is 2. The Kier molecular flexibility index (Phi) is 4.16. The third kappa shape index (κ3) is 3.12. The molecular formula is C13H13ClFN3O. The van der Waals surface area contributed by atoms with E-state index in [4.69, 9.17) is 16.3 Å². The van der Waals surface area contributed by atoms with Crippen LogP contribution in [0.3, 0.4) is 0 Å². The van der Waals surface area contributed by atoms with E-state index in [0.29, 0.717) is 18.1 Å². The van der Waals surface area contributed by atoms with Gasteiger partial charge in [0.05, 0.1) is 7.11 Å². The Morgan fingerprint density at radius 2 is 2.16 bits per heavy atom. The molecule has 1 heterocycles. The highest BCUT2D eigenvalue weighted by Crippen LogP contribution is 2.31. The lowest BCUT2D eigenvalue weighted by Crippen LogP contribution is -2.19. The molecule has 0 aliphatic carbocycles. The number of hydrogen-bond acceptors (Lipinski definition) is 4. The molecule has 0 fully saturated rings. The van der Waals surface area contributed by atoms with Crippen LogP contribution in [0.1, 0.15) is 5.56 Å². The first-order valence-electron chi connectivity index (χ1n) is 5.62. The molecule has 0 aliphatic heterocycles. The lowest BCUT2D eigenvalue weighted by molar-refractivity contribution is 0.411. The molecule has 2 aromatic rings. The van der Waals surface area contributed by atoms with Crippen LogP contribution in [0.25, 0.3) is 0 Å². The van der Waals surface area contributed by atoms with E-state index in [0.717, 1.165) is 5.56 Å². The molecule has 4 nitrogen and oxygen atoms in total. The van der Waals surface area contributed by atoms with Gasteiger partial charge >= 0.3 is 0 Å². The third-order valence-corrected chi connectivity index (χ3v) is 2.89. The Bertz CT molecular complexity index is 580. The van der Waals surface area contributed by atoms with Gasteiger partial charge in [0.15, 0.2) is 16.7 Å². The van der Waals surface area contributed by atoms with Crippen molar-refractivity contribution in [2.75, 3.05) is 19.1 Å². The minimum Gasteiger partial charge on any atom is -0.490 e. The number of anilines is 1. The van der Waals surface area contributed by atoms with E-state index in [2.05, 4.69) is 9.97 Å². The molecule has 2 rings (SSSR count). The first-order valence-corrected chi connectivity index (χ1v) is 5.99. The molecule has 100 valence electrons. The van der Waals surface area contributed by atoms with E-state index < -0.39 is 0 Å². The largest absolute Gasteiger partial charge is 0.490 e. The zero-order chi connectivity index (χ0) is 13.8. The van der Waals surface area contributed by atoms with Gasteiger partial charge in [-0.3, -0.25) is 0 Å². The van der Waals surface area contributed by atoms with Crippen molar-refractivity contribution in [3.05, 3.63) is 47.1 Å². The molecular weight excluding hydrogens is 269 g/mol. The molecule has 0 saturated heterocycles. The van der Waals surface area contributed by atoms with Crippen LogP contribution in [-0.2, 0) is 6.54 Å². The normalized spacial score (nSPS) is 10.3. The SMILES string of the molecule is COc1c(Cl)ncnc1N(C)Cc1cccc(F)c1. The van der Waals surface area contributed by atoms with Crippen molar-refractivity contribution in [2.24, 2.45) is 0 Å². The van der Waals surface area contributed by atoms with Gasteiger partial charge in [-0.15, -0.1) is 0 Å². The van der Waals surface area contributed by atoms with Gasteiger partial charge in [-0.25, -0.2) is 14.4 Å². The van der Waals surface area contributed by atoms with Crippen molar-refractivity contribution in [2.45, 2.75) is 6.54 Å². The maximum absolute atomic E-state index is 13.1. The summed E-state index contributed by atoms with van der Waals surface area (Å²) in [7, 11) is 3.33. The van der Waals surface area contributed by atoms with Gasteiger partial charge in [-0.1, -0.05) is 23.7 Å². The first kappa shape index (κ1) is 13.5. The Hall–Kier alpha value is -1.88. The van der Waals surface area contributed by atoms with Crippen molar-refractivity contribution in [3.8, 4) is 5.75 Å². The highest BCUT2D eigenvalue weighted by atomic mass is 35.5. The first-order chi connectivity index (χ1) is 9.11. The maximum Gasteiger partial charge on any atom is 0.199 e. The second-order valence-electron chi connectivity index (χ2n) is 4.01. The summed E-state index contributed by atoms with van der Waals surface area (Å²) >= 11 is 5.94. The Balaban J connectivity index is 2.25. The number of hydrogen-bond donors (Lipinski definition) is 0. The second-order valence-corrected chi connectivity index (χ2v) is 4.37. The highest BCUT2D eigenvalue weighted by Gasteiger charge is 2.14. The van der Waals surface area contributed by atoms with Gasteiger partial charge in [0, 0.05) is 13.6 Å². The van der Waals surface area contributed by atoms with Crippen LogP contribution in [0, 0.1) is 5.82 Å².